The molecule has 8 rings (SSSR count). The second-order valence-electron chi connectivity index (χ2n) is 16.7. The first-order valence-electron chi connectivity index (χ1n) is 22.1. The number of hydrogen-bond donors (Lipinski definition) is 12. The van der Waals surface area contributed by atoms with E-state index < -0.39 is 90.1 Å². The summed E-state index contributed by atoms with van der Waals surface area (Å²) in [7, 11) is -28.7. The molecule has 0 fully saturated rings. The van der Waals surface area contributed by atoms with Crippen LogP contribution in [0.15, 0.2) is 181 Å². The lowest BCUT2D eigenvalue weighted by Gasteiger charge is -2.16. The molecule has 12 N–H and O–H groups in total. The summed E-state index contributed by atoms with van der Waals surface area (Å²) in [6.07, 6.45) is 2.23. The third-order valence-electron chi connectivity index (χ3n) is 10.8. The van der Waals surface area contributed by atoms with Gasteiger partial charge in [0.15, 0.2) is 0 Å². The lowest BCUT2D eigenvalue weighted by atomic mass is 10.1. The van der Waals surface area contributed by atoms with Crippen molar-refractivity contribution >= 4 is 142 Å². The van der Waals surface area contributed by atoms with Crippen LogP contribution in [0, 0.1) is 0 Å². The Morgan fingerprint density at radius 3 is 0.787 bits per heavy atom. The smallest absolute Gasteiger partial charge is 0.295 e. The standard InChI is InChI=1S/C47H39N9O18S6/c57-75(58,59)39-9-1-5-30(22-39)48-36-19-37(49-31-6-2-10-40(23-31)76(60,61)62)21-38(20-36)50-34-17-15-28(43(26-34)79(69,70)71)13-14-29-16-18-35(27-44(29)80(72,73)74)53-47-55-45(51-32-7-3-11-41(24-32)77(63,64)65)54-46(56-47)52-33-8-4-12-42(25-33)78(66,67)68/h1-27,48-50H,(H,57,58,59)(H,60,61,62)(H,63,64,65)(H,66,67,68)(H,69,70,71)(H,72,73,74)(H3,51,52,53,54,55,56). The molecule has 0 aliphatic carbocycles. The molecule has 0 bridgehead atoms. The van der Waals surface area contributed by atoms with Crippen molar-refractivity contribution in [2.45, 2.75) is 29.4 Å². The van der Waals surface area contributed by atoms with Gasteiger partial charge in [0.05, 0.1) is 19.6 Å². The topological polar surface area (TPSA) is 437 Å². The van der Waals surface area contributed by atoms with Crippen LogP contribution in [-0.4, -0.2) is 92.8 Å². The van der Waals surface area contributed by atoms with E-state index in [0.717, 1.165) is 72.8 Å². The van der Waals surface area contributed by atoms with Crippen molar-refractivity contribution in [3.8, 4) is 0 Å². The van der Waals surface area contributed by atoms with Gasteiger partial charge >= 0.3 is 0 Å². The molecule has 0 saturated carbocycles. The number of benzene rings is 7. The highest BCUT2D eigenvalue weighted by atomic mass is 32.2. The van der Waals surface area contributed by atoms with Gasteiger partial charge in [-0.3, -0.25) is 27.3 Å². The Morgan fingerprint density at radius 1 is 0.275 bits per heavy atom. The first kappa shape index (κ1) is 57.7. The second kappa shape index (κ2) is 22.4. The van der Waals surface area contributed by atoms with E-state index in [1.54, 1.807) is 0 Å². The van der Waals surface area contributed by atoms with Gasteiger partial charge in [0.25, 0.3) is 60.7 Å². The monoisotopic (exact) mass is 1210 g/mol. The van der Waals surface area contributed by atoms with Crippen LogP contribution in [0.25, 0.3) is 12.2 Å². The maximum atomic E-state index is 12.9. The highest BCUT2D eigenvalue weighted by Crippen LogP contribution is 2.34. The zero-order valence-corrected chi connectivity index (χ0v) is 44.9. The molecule has 0 spiro atoms. The largest absolute Gasteiger partial charge is 0.355 e. The van der Waals surface area contributed by atoms with Gasteiger partial charge in [0.2, 0.25) is 17.8 Å². The third kappa shape index (κ3) is 15.2. The minimum absolute atomic E-state index is 0.0435. The van der Waals surface area contributed by atoms with Gasteiger partial charge in [0.1, 0.15) is 9.79 Å². The van der Waals surface area contributed by atoms with E-state index in [0.29, 0.717) is 0 Å². The van der Waals surface area contributed by atoms with Crippen molar-refractivity contribution < 1.29 is 77.8 Å². The second-order valence-corrected chi connectivity index (χ2v) is 25.1. The van der Waals surface area contributed by atoms with E-state index in [9.17, 15) is 77.8 Å². The van der Waals surface area contributed by atoms with Crippen LogP contribution in [0.1, 0.15) is 11.1 Å². The molecule has 0 saturated heterocycles. The predicted molar refractivity (Wildman–Crippen MR) is 292 cm³/mol. The molecule has 0 radical (unpaired) electrons. The molecule has 0 amide bonds. The summed E-state index contributed by atoms with van der Waals surface area (Å²) in [6, 6.07) is 31.5. The summed E-state index contributed by atoms with van der Waals surface area (Å²) in [5, 5.41) is 17.2. The third-order valence-corrected chi connectivity index (χ3v) is 16.0. The van der Waals surface area contributed by atoms with Crippen molar-refractivity contribution in [2.24, 2.45) is 0 Å². The van der Waals surface area contributed by atoms with E-state index in [-0.39, 0.29) is 80.2 Å². The molecular weight excluding hydrogens is 1170 g/mol. The fourth-order valence-corrected chi connectivity index (χ4v) is 10.9. The molecule has 0 aliphatic heterocycles. The van der Waals surface area contributed by atoms with Crippen LogP contribution < -0.4 is 31.9 Å². The molecule has 1 aromatic heterocycles. The van der Waals surface area contributed by atoms with Crippen LogP contribution in [0.4, 0.5) is 69.0 Å². The molecular formula is C47H39N9O18S6. The zero-order chi connectivity index (χ0) is 58.0. The molecule has 416 valence electrons. The van der Waals surface area contributed by atoms with E-state index in [1.807, 2.05) is 0 Å². The summed E-state index contributed by atoms with van der Waals surface area (Å²) >= 11 is 0. The summed E-state index contributed by atoms with van der Waals surface area (Å²) < 4.78 is 205. The molecule has 27 nitrogen and oxygen atoms in total. The Kier molecular flexibility index (Phi) is 16.1. The number of aromatic nitrogens is 3. The maximum Gasteiger partial charge on any atom is 0.295 e. The van der Waals surface area contributed by atoms with Crippen LogP contribution in [0.5, 0.6) is 0 Å². The summed E-state index contributed by atoms with van der Waals surface area (Å²) in [4.78, 5) is 9.38. The predicted octanol–water partition coefficient (Wildman–Crippen LogP) is 7.98. The number of nitrogens with one attached hydrogen (secondary N) is 6. The molecule has 7 aromatic carbocycles. The first-order valence-corrected chi connectivity index (χ1v) is 30.7. The molecule has 0 atom stereocenters. The molecule has 1 heterocycles. The van der Waals surface area contributed by atoms with Crippen LogP contribution in [0.2, 0.25) is 0 Å². The Balaban J connectivity index is 1.10. The summed E-state index contributed by atoms with van der Waals surface area (Å²) in [5.74, 6) is -0.944. The number of hydrogen-bond acceptors (Lipinski definition) is 21. The van der Waals surface area contributed by atoms with Crippen molar-refractivity contribution in [3.05, 3.63) is 163 Å². The molecule has 80 heavy (non-hydrogen) atoms. The van der Waals surface area contributed by atoms with Crippen molar-refractivity contribution in [3.63, 3.8) is 0 Å². The molecule has 33 heteroatoms. The van der Waals surface area contributed by atoms with Crippen molar-refractivity contribution in [1.82, 2.24) is 15.0 Å². The highest BCUT2D eigenvalue weighted by molar-refractivity contribution is 7.87. The van der Waals surface area contributed by atoms with Crippen LogP contribution in [0.3, 0.4) is 0 Å². The van der Waals surface area contributed by atoms with Gasteiger partial charge in [-0.05, 0) is 126 Å². The van der Waals surface area contributed by atoms with E-state index >= 15 is 0 Å². The Bertz CT molecular complexity index is 4040. The number of nitrogens with zero attached hydrogens (tertiary/aromatic N) is 3. The van der Waals surface area contributed by atoms with Gasteiger partial charge in [0, 0.05) is 51.2 Å². The maximum absolute atomic E-state index is 12.9. The highest BCUT2D eigenvalue weighted by Gasteiger charge is 2.21. The van der Waals surface area contributed by atoms with Gasteiger partial charge in [-0.25, -0.2) is 0 Å². The number of anilines is 12. The zero-order valence-electron chi connectivity index (χ0n) is 40.0. The Labute approximate surface area is 456 Å². The SMILES string of the molecule is O=S(=O)(O)c1cccc(Nc2cc(Nc3cccc(S(=O)(=O)O)c3)cc(Nc3ccc(C=Cc4ccc(Nc5nc(Nc6cccc(S(=O)(=O)O)c6)nc(Nc6cccc(S(=O)(=O)O)c6)n5)cc4S(=O)(=O)O)c(S(=O)(=O)O)c3)c2)c1. The fourth-order valence-electron chi connectivity index (χ4n) is 7.34. The van der Waals surface area contributed by atoms with Gasteiger partial charge in [-0.2, -0.15) is 65.5 Å². The number of rotatable bonds is 20. The van der Waals surface area contributed by atoms with Crippen LogP contribution >= 0.6 is 0 Å². The summed E-state index contributed by atoms with van der Waals surface area (Å²) in [6.45, 7) is 0. The molecule has 0 unspecified atom stereocenters. The molecule has 8 aromatic rings. The Morgan fingerprint density at radius 2 is 0.525 bits per heavy atom. The van der Waals surface area contributed by atoms with Crippen LogP contribution in [-0.2, 0) is 60.7 Å². The first-order chi connectivity index (χ1) is 37.3. The minimum atomic E-state index is -5.10. The van der Waals surface area contributed by atoms with E-state index in [4.69, 9.17) is 0 Å². The Hall–Kier alpha value is -8.45. The fraction of sp³-hybridized carbons (Fsp3) is 0. The minimum Gasteiger partial charge on any atom is -0.355 e. The van der Waals surface area contributed by atoms with Crippen molar-refractivity contribution in [1.29, 1.82) is 0 Å². The lowest BCUT2D eigenvalue weighted by Crippen LogP contribution is -2.09. The normalized spacial score (nSPS) is 12.4. The average Bonchev–Trinajstić information content (AvgIpc) is 3.41. The summed E-state index contributed by atoms with van der Waals surface area (Å²) in [5.41, 5.74) is 0.726. The average molecular weight is 1210 g/mol. The van der Waals surface area contributed by atoms with Crippen molar-refractivity contribution in [2.75, 3.05) is 31.9 Å². The quantitative estimate of drug-likeness (QED) is 0.0254. The van der Waals surface area contributed by atoms with E-state index in [1.165, 1.54) is 91.0 Å². The van der Waals surface area contributed by atoms with E-state index in [2.05, 4.69) is 46.9 Å². The lowest BCUT2D eigenvalue weighted by molar-refractivity contribution is 0.480. The van der Waals surface area contributed by atoms with Gasteiger partial charge < -0.3 is 31.9 Å². The van der Waals surface area contributed by atoms with Gasteiger partial charge in [-0.15, -0.1) is 0 Å². The van der Waals surface area contributed by atoms with Gasteiger partial charge in [-0.1, -0.05) is 48.6 Å². The molecule has 0 aliphatic rings.